The summed E-state index contributed by atoms with van der Waals surface area (Å²) in [5.41, 5.74) is 1.65. The number of benzene rings is 2. The molecule has 0 spiro atoms. The summed E-state index contributed by atoms with van der Waals surface area (Å²) in [7, 11) is 1.62. The summed E-state index contributed by atoms with van der Waals surface area (Å²) in [6, 6.07) is 15.3. The predicted molar refractivity (Wildman–Crippen MR) is 121 cm³/mol. The molecule has 1 unspecified atom stereocenters. The fourth-order valence-corrected chi connectivity index (χ4v) is 2.82. The number of hydrogen-bond acceptors (Lipinski definition) is 7. The Morgan fingerprint density at radius 1 is 1.09 bits per heavy atom. The van der Waals surface area contributed by atoms with Crippen LogP contribution in [-0.4, -0.2) is 42.2 Å². The number of nitrogens with one attached hydrogen (secondary N) is 3. The normalized spacial score (nSPS) is 11.4. The molecule has 3 aromatic rings. The van der Waals surface area contributed by atoms with Gasteiger partial charge in [-0.2, -0.15) is 4.98 Å². The van der Waals surface area contributed by atoms with E-state index in [1.807, 2.05) is 37.3 Å². The molecule has 32 heavy (non-hydrogen) atoms. The summed E-state index contributed by atoms with van der Waals surface area (Å²) in [6.45, 7) is 4.16. The molecule has 0 aliphatic carbocycles. The second-order valence-corrected chi connectivity index (χ2v) is 6.98. The topological polar surface area (TPSA) is 97.4 Å². The zero-order valence-electron chi connectivity index (χ0n) is 18.2. The fourth-order valence-electron chi connectivity index (χ4n) is 2.82. The second-order valence-electron chi connectivity index (χ2n) is 6.98. The van der Waals surface area contributed by atoms with Gasteiger partial charge in [0.2, 0.25) is 5.95 Å². The molecule has 9 heteroatoms. The number of para-hydroxylation sites is 1. The molecule has 1 amide bonds. The Bertz CT molecular complexity index is 1050. The SMILES string of the molecule is COc1ccc(Nc2cc(C)nc(NCCNC(=O)C(C)Oc3ccccc3F)n2)cc1. The average molecular weight is 439 g/mol. The smallest absolute Gasteiger partial charge is 0.260 e. The predicted octanol–water partition coefficient (Wildman–Crippen LogP) is 3.67. The van der Waals surface area contributed by atoms with Crippen LogP contribution in [0.1, 0.15) is 12.6 Å². The van der Waals surface area contributed by atoms with Crippen molar-refractivity contribution in [2.75, 3.05) is 30.8 Å². The van der Waals surface area contributed by atoms with E-state index in [9.17, 15) is 9.18 Å². The van der Waals surface area contributed by atoms with Crippen molar-refractivity contribution in [2.24, 2.45) is 0 Å². The zero-order valence-corrected chi connectivity index (χ0v) is 18.2. The number of aryl methyl sites for hydroxylation is 1. The lowest BCUT2D eigenvalue weighted by Crippen LogP contribution is -2.38. The van der Waals surface area contributed by atoms with Crippen molar-refractivity contribution in [3.8, 4) is 11.5 Å². The van der Waals surface area contributed by atoms with E-state index in [4.69, 9.17) is 9.47 Å². The zero-order chi connectivity index (χ0) is 22.9. The molecular weight excluding hydrogens is 413 g/mol. The van der Waals surface area contributed by atoms with E-state index < -0.39 is 11.9 Å². The van der Waals surface area contributed by atoms with Gasteiger partial charge in [-0.15, -0.1) is 0 Å². The highest BCUT2D eigenvalue weighted by atomic mass is 19.1. The van der Waals surface area contributed by atoms with Gasteiger partial charge in [-0.25, -0.2) is 9.37 Å². The number of methoxy groups -OCH3 is 1. The maximum absolute atomic E-state index is 13.7. The average Bonchev–Trinajstić information content (AvgIpc) is 2.78. The molecular formula is C23H26FN5O3. The van der Waals surface area contributed by atoms with Crippen molar-refractivity contribution in [2.45, 2.75) is 20.0 Å². The molecule has 0 radical (unpaired) electrons. The van der Waals surface area contributed by atoms with Crippen LogP contribution in [0.25, 0.3) is 0 Å². The number of rotatable bonds is 10. The molecule has 0 saturated heterocycles. The Balaban J connectivity index is 1.48. The Kier molecular flexibility index (Phi) is 7.80. The van der Waals surface area contributed by atoms with Crippen molar-refractivity contribution in [3.63, 3.8) is 0 Å². The molecule has 0 bridgehead atoms. The molecule has 0 aliphatic rings. The van der Waals surface area contributed by atoms with Crippen molar-refractivity contribution < 1.29 is 18.7 Å². The van der Waals surface area contributed by atoms with Crippen LogP contribution in [-0.2, 0) is 4.79 Å². The summed E-state index contributed by atoms with van der Waals surface area (Å²) in [5.74, 6) is 1.03. The van der Waals surface area contributed by atoms with Crippen molar-refractivity contribution in [1.29, 1.82) is 0 Å². The molecule has 8 nitrogen and oxygen atoms in total. The van der Waals surface area contributed by atoms with E-state index in [1.54, 1.807) is 26.2 Å². The molecule has 3 N–H and O–H groups in total. The third kappa shape index (κ3) is 6.56. The van der Waals surface area contributed by atoms with Gasteiger partial charge in [0.15, 0.2) is 17.7 Å². The lowest BCUT2D eigenvalue weighted by Gasteiger charge is -2.15. The number of amides is 1. The van der Waals surface area contributed by atoms with Crippen LogP contribution in [0.5, 0.6) is 11.5 Å². The number of nitrogens with zero attached hydrogens (tertiary/aromatic N) is 2. The summed E-state index contributed by atoms with van der Waals surface area (Å²) >= 11 is 0. The summed E-state index contributed by atoms with van der Waals surface area (Å²) in [6.07, 6.45) is -0.831. The molecule has 1 heterocycles. The monoisotopic (exact) mass is 439 g/mol. The van der Waals surface area contributed by atoms with Crippen LogP contribution in [0.15, 0.2) is 54.6 Å². The largest absolute Gasteiger partial charge is 0.497 e. The van der Waals surface area contributed by atoms with E-state index in [2.05, 4.69) is 25.9 Å². The van der Waals surface area contributed by atoms with Crippen LogP contribution < -0.4 is 25.4 Å². The standard InChI is InChI=1S/C23H26FN5O3/c1-15-14-21(28-17-8-10-18(31-3)11-9-17)29-23(27-15)26-13-12-25-22(30)16(2)32-20-7-5-4-6-19(20)24/h4-11,14,16H,12-13H2,1-3H3,(H,25,30)(H2,26,27,28,29). The van der Waals surface area contributed by atoms with Crippen LogP contribution in [0.4, 0.5) is 21.8 Å². The molecule has 0 saturated carbocycles. The van der Waals surface area contributed by atoms with Crippen molar-refractivity contribution >= 4 is 23.4 Å². The number of carbonyl (C=O) groups is 1. The highest BCUT2D eigenvalue weighted by molar-refractivity contribution is 5.80. The van der Waals surface area contributed by atoms with Gasteiger partial charge in [-0.05, 0) is 50.2 Å². The highest BCUT2D eigenvalue weighted by Gasteiger charge is 2.15. The van der Waals surface area contributed by atoms with Crippen LogP contribution in [0.2, 0.25) is 0 Å². The first-order valence-electron chi connectivity index (χ1n) is 10.1. The number of carbonyl (C=O) groups excluding carboxylic acids is 1. The number of anilines is 3. The molecule has 168 valence electrons. The van der Waals surface area contributed by atoms with Gasteiger partial charge in [0.1, 0.15) is 11.6 Å². The Morgan fingerprint density at radius 3 is 2.56 bits per heavy atom. The van der Waals surface area contributed by atoms with E-state index in [0.717, 1.165) is 17.1 Å². The minimum Gasteiger partial charge on any atom is -0.497 e. The van der Waals surface area contributed by atoms with Crippen molar-refractivity contribution in [3.05, 3.63) is 66.1 Å². The van der Waals surface area contributed by atoms with Crippen LogP contribution in [0, 0.1) is 12.7 Å². The maximum atomic E-state index is 13.7. The van der Waals surface area contributed by atoms with Crippen LogP contribution >= 0.6 is 0 Å². The molecule has 1 atom stereocenters. The van der Waals surface area contributed by atoms with E-state index in [1.165, 1.54) is 12.1 Å². The van der Waals surface area contributed by atoms with Gasteiger partial charge in [-0.1, -0.05) is 12.1 Å². The third-order valence-electron chi connectivity index (χ3n) is 4.43. The van der Waals surface area contributed by atoms with E-state index in [-0.39, 0.29) is 11.7 Å². The Labute approximate surface area is 186 Å². The number of aromatic nitrogens is 2. The first kappa shape index (κ1) is 22.8. The molecule has 1 aromatic heterocycles. The van der Waals surface area contributed by atoms with Gasteiger partial charge in [0.05, 0.1) is 7.11 Å². The van der Waals surface area contributed by atoms with E-state index >= 15 is 0 Å². The third-order valence-corrected chi connectivity index (χ3v) is 4.43. The number of halogens is 1. The van der Waals surface area contributed by atoms with Crippen molar-refractivity contribution in [1.82, 2.24) is 15.3 Å². The summed E-state index contributed by atoms with van der Waals surface area (Å²) < 4.78 is 24.2. The van der Waals surface area contributed by atoms with Gasteiger partial charge >= 0.3 is 0 Å². The lowest BCUT2D eigenvalue weighted by molar-refractivity contribution is -0.127. The number of ether oxygens (including phenoxy) is 2. The Hall–Kier alpha value is -3.88. The minimum absolute atomic E-state index is 0.0401. The second kappa shape index (κ2) is 10.9. The molecule has 0 aliphatic heterocycles. The summed E-state index contributed by atoms with van der Waals surface area (Å²) in [4.78, 5) is 21.0. The highest BCUT2D eigenvalue weighted by Crippen LogP contribution is 2.20. The van der Waals surface area contributed by atoms with Crippen LogP contribution in [0.3, 0.4) is 0 Å². The maximum Gasteiger partial charge on any atom is 0.260 e. The van der Waals surface area contributed by atoms with Gasteiger partial charge in [0, 0.05) is 30.5 Å². The number of hydrogen-bond donors (Lipinski definition) is 3. The van der Waals surface area contributed by atoms with Gasteiger partial charge in [0.25, 0.3) is 5.91 Å². The van der Waals surface area contributed by atoms with Gasteiger partial charge in [-0.3, -0.25) is 4.79 Å². The first-order chi connectivity index (χ1) is 15.4. The minimum atomic E-state index is -0.831. The van der Waals surface area contributed by atoms with Gasteiger partial charge < -0.3 is 25.4 Å². The lowest BCUT2D eigenvalue weighted by atomic mass is 10.3. The molecule has 2 aromatic carbocycles. The molecule has 0 fully saturated rings. The Morgan fingerprint density at radius 2 is 1.84 bits per heavy atom. The quantitative estimate of drug-likeness (QED) is 0.415. The molecule has 3 rings (SSSR count). The fraction of sp³-hybridized carbons (Fsp3) is 0.261. The summed E-state index contributed by atoms with van der Waals surface area (Å²) in [5, 5.41) is 9.05. The van der Waals surface area contributed by atoms with E-state index in [0.29, 0.717) is 24.9 Å². The first-order valence-corrected chi connectivity index (χ1v) is 10.1.